The molecule has 178 valence electrons. The molecule has 2 N–H and O–H groups in total. The Morgan fingerprint density at radius 3 is 2.26 bits per heavy atom. The fourth-order valence-corrected chi connectivity index (χ4v) is 3.34. The molecule has 1 aromatic heterocycles. The summed E-state index contributed by atoms with van der Waals surface area (Å²) >= 11 is 0. The maximum atomic E-state index is 12.5. The van der Waals surface area contributed by atoms with Crippen LogP contribution in [0.5, 0.6) is 5.75 Å². The Morgan fingerprint density at radius 2 is 1.57 bits per heavy atom. The van der Waals surface area contributed by atoms with E-state index in [4.69, 9.17) is 14.2 Å². The van der Waals surface area contributed by atoms with Gasteiger partial charge in [-0.1, -0.05) is 0 Å². The van der Waals surface area contributed by atoms with Gasteiger partial charge in [0.15, 0.2) is 6.61 Å². The quantitative estimate of drug-likeness (QED) is 0.368. The number of aromatic nitrogens is 2. The number of H-pyrrole nitrogens is 1. The molecule has 0 saturated heterocycles. The van der Waals surface area contributed by atoms with Crippen molar-refractivity contribution < 1.29 is 28.6 Å². The van der Waals surface area contributed by atoms with Crippen LogP contribution in [0.25, 0.3) is 22.4 Å². The van der Waals surface area contributed by atoms with Crippen molar-refractivity contribution in [2.24, 2.45) is 0 Å². The van der Waals surface area contributed by atoms with Crippen molar-refractivity contribution in [3.05, 3.63) is 77.9 Å². The minimum atomic E-state index is -0.639. The second-order valence-corrected chi connectivity index (χ2v) is 7.47. The van der Waals surface area contributed by atoms with Crippen molar-refractivity contribution in [1.29, 1.82) is 0 Å². The van der Waals surface area contributed by atoms with Crippen LogP contribution < -0.4 is 10.1 Å². The number of carbonyl (C=O) groups excluding carboxylic acids is 3. The van der Waals surface area contributed by atoms with Gasteiger partial charge in [0.05, 0.1) is 35.9 Å². The fraction of sp³-hybridized carbons (Fsp3) is 0.154. The molecule has 0 atom stereocenters. The number of imidazole rings is 1. The van der Waals surface area contributed by atoms with Crippen molar-refractivity contribution in [3.63, 3.8) is 0 Å². The normalized spacial score (nSPS) is 10.6. The highest BCUT2D eigenvalue weighted by Crippen LogP contribution is 2.23. The van der Waals surface area contributed by atoms with Gasteiger partial charge in [-0.2, -0.15) is 0 Å². The predicted octanol–water partition coefficient (Wildman–Crippen LogP) is 4.21. The van der Waals surface area contributed by atoms with Crippen molar-refractivity contribution in [2.75, 3.05) is 25.6 Å². The Kier molecular flexibility index (Phi) is 7.06. The molecule has 4 aromatic rings. The molecule has 0 fully saturated rings. The maximum Gasteiger partial charge on any atom is 0.338 e. The number of carbonyl (C=O) groups is 3. The molecule has 1 amide bonds. The highest BCUT2D eigenvalue weighted by Gasteiger charge is 2.14. The Balaban J connectivity index is 1.35. The molecule has 0 bridgehead atoms. The monoisotopic (exact) mass is 473 g/mol. The molecule has 0 saturated carbocycles. The third-order valence-electron chi connectivity index (χ3n) is 5.10. The van der Waals surface area contributed by atoms with E-state index in [0.717, 1.165) is 11.3 Å². The Morgan fingerprint density at radius 1 is 0.886 bits per heavy atom. The summed E-state index contributed by atoms with van der Waals surface area (Å²) < 4.78 is 15.2. The van der Waals surface area contributed by atoms with Gasteiger partial charge in [0.1, 0.15) is 11.6 Å². The molecule has 9 nitrogen and oxygen atoms in total. The number of nitrogens with zero attached hydrogens (tertiary/aromatic N) is 1. The Labute approximate surface area is 201 Å². The number of rotatable bonds is 8. The SMILES string of the molecule is CCOC(=O)c1ccc(NC(=O)COC(=O)c2ccc3nc(-c4ccc(OC)cc4)[nH]c3c2)cc1. The van der Waals surface area contributed by atoms with Gasteiger partial charge in [-0.25, -0.2) is 14.6 Å². The largest absolute Gasteiger partial charge is 0.497 e. The molecule has 35 heavy (non-hydrogen) atoms. The van der Waals surface area contributed by atoms with E-state index in [9.17, 15) is 14.4 Å². The number of nitrogens with one attached hydrogen (secondary N) is 2. The van der Waals surface area contributed by atoms with E-state index < -0.39 is 24.5 Å². The van der Waals surface area contributed by atoms with Gasteiger partial charge < -0.3 is 24.5 Å². The lowest BCUT2D eigenvalue weighted by Gasteiger charge is -2.07. The van der Waals surface area contributed by atoms with E-state index >= 15 is 0 Å². The Bertz CT molecular complexity index is 1360. The summed E-state index contributed by atoms with van der Waals surface area (Å²) in [6.07, 6.45) is 0. The molecule has 0 radical (unpaired) electrons. The van der Waals surface area contributed by atoms with Crippen LogP contribution >= 0.6 is 0 Å². The molecule has 0 spiro atoms. The van der Waals surface area contributed by atoms with E-state index in [2.05, 4.69) is 15.3 Å². The van der Waals surface area contributed by atoms with Crippen molar-refractivity contribution in [2.45, 2.75) is 6.92 Å². The molecule has 3 aromatic carbocycles. The van der Waals surface area contributed by atoms with Crippen molar-refractivity contribution >= 4 is 34.6 Å². The highest BCUT2D eigenvalue weighted by atomic mass is 16.5. The van der Waals surface area contributed by atoms with Crippen molar-refractivity contribution in [1.82, 2.24) is 9.97 Å². The molecule has 0 aliphatic carbocycles. The molecular formula is C26H23N3O6. The first-order valence-corrected chi connectivity index (χ1v) is 10.8. The van der Waals surface area contributed by atoms with Crippen LogP contribution in [0.3, 0.4) is 0 Å². The number of hydrogen-bond donors (Lipinski definition) is 2. The minimum absolute atomic E-state index is 0.278. The van der Waals surface area contributed by atoms with E-state index in [1.54, 1.807) is 56.5 Å². The smallest absolute Gasteiger partial charge is 0.338 e. The Hall–Kier alpha value is -4.66. The summed E-state index contributed by atoms with van der Waals surface area (Å²) in [7, 11) is 1.60. The lowest BCUT2D eigenvalue weighted by Crippen LogP contribution is -2.21. The van der Waals surface area contributed by atoms with Crippen LogP contribution in [0.2, 0.25) is 0 Å². The van der Waals surface area contributed by atoms with Gasteiger partial charge in [0.25, 0.3) is 5.91 Å². The van der Waals surface area contributed by atoms with Crippen LogP contribution in [-0.4, -0.2) is 48.1 Å². The summed E-state index contributed by atoms with van der Waals surface area (Å²) in [6, 6.07) is 18.6. The second kappa shape index (κ2) is 10.5. The summed E-state index contributed by atoms with van der Waals surface area (Å²) in [5.41, 5.74) is 3.35. The van der Waals surface area contributed by atoms with Gasteiger partial charge in [-0.05, 0) is 73.7 Å². The topological polar surface area (TPSA) is 120 Å². The molecule has 0 unspecified atom stereocenters. The van der Waals surface area contributed by atoms with Crippen molar-refractivity contribution in [3.8, 4) is 17.1 Å². The van der Waals surface area contributed by atoms with E-state index in [1.807, 2.05) is 24.3 Å². The standard InChI is InChI=1S/C26H23N3O6/c1-3-34-25(31)17-4-9-19(10-5-17)27-23(30)15-35-26(32)18-8-13-21-22(14-18)29-24(28-21)16-6-11-20(33-2)12-7-16/h4-14H,3,15H2,1-2H3,(H,27,30)(H,28,29). The van der Waals surface area contributed by atoms with Crippen LogP contribution in [0.15, 0.2) is 66.7 Å². The number of amides is 1. The van der Waals surface area contributed by atoms with Crippen LogP contribution in [0, 0.1) is 0 Å². The van der Waals surface area contributed by atoms with Gasteiger partial charge in [0.2, 0.25) is 0 Å². The lowest BCUT2D eigenvalue weighted by atomic mass is 10.2. The molecule has 9 heteroatoms. The van der Waals surface area contributed by atoms with Crippen LogP contribution in [-0.2, 0) is 14.3 Å². The number of fused-ring (bicyclic) bond motifs is 1. The average Bonchev–Trinajstić information content (AvgIpc) is 3.31. The third-order valence-corrected chi connectivity index (χ3v) is 5.10. The first kappa shape index (κ1) is 23.5. The summed E-state index contributed by atoms with van der Waals surface area (Å²) in [4.78, 5) is 44.1. The minimum Gasteiger partial charge on any atom is -0.497 e. The number of aromatic amines is 1. The van der Waals surface area contributed by atoms with E-state index in [-0.39, 0.29) is 12.2 Å². The number of ether oxygens (including phenoxy) is 3. The zero-order valence-corrected chi connectivity index (χ0v) is 19.2. The number of hydrogen-bond acceptors (Lipinski definition) is 7. The van der Waals surface area contributed by atoms with Crippen LogP contribution in [0.1, 0.15) is 27.6 Å². The van der Waals surface area contributed by atoms with E-state index in [0.29, 0.717) is 28.1 Å². The highest BCUT2D eigenvalue weighted by molar-refractivity contribution is 5.97. The number of methoxy groups -OCH3 is 1. The molecule has 0 aliphatic rings. The summed E-state index contributed by atoms with van der Waals surface area (Å²) in [5, 5.41) is 2.61. The maximum absolute atomic E-state index is 12.5. The zero-order valence-electron chi connectivity index (χ0n) is 19.2. The molecular weight excluding hydrogens is 450 g/mol. The second-order valence-electron chi connectivity index (χ2n) is 7.47. The van der Waals surface area contributed by atoms with Gasteiger partial charge in [-0.3, -0.25) is 4.79 Å². The first-order chi connectivity index (χ1) is 17.0. The fourth-order valence-electron chi connectivity index (χ4n) is 3.34. The number of benzene rings is 3. The van der Waals surface area contributed by atoms with Gasteiger partial charge >= 0.3 is 11.9 Å². The molecule has 0 aliphatic heterocycles. The summed E-state index contributed by atoms with van der Waals surface area (Å²) in [5.74, 6) is -0.189. The lowest BCUT2D eigenvalue weighted by molar-refractivity contribution is -0.119. The third kappa shape index (κ3) is 5.64. The van der Waals surface area contributed by atoms with Gasteiger partial charge in [-0.15, -0.1) is 0 Å². The number of esters is 2. The molecule has 1 heterocycles. The molecule has 4 rings (SSSR count). The zero-order chi connectivity index (χ0) is 24.8. The van der Waals surface area contributed by atoms with Gasteiger partial charge in [0, 0.05) is 11.3 Å². The van der Waals surface area contributed by atoms with E-state index in [1.165, 1.54) is 0 Å². The average molecular weight is 473 g/mol. The number of anilines is 1. The predicted molar refractivity (Wildman–Crippen MR) is 129 cm³/mol. The summed E-state index contributed by atoms with van der Waals surface area (Å²) in [6.45, 7) is 1.54. The first-order valence-electron chi connectivity index (χ1n) is 10.8. The van der Waals surface area contributed by atoms with Crippen LogP contribution in [0.4, 0.5) is 5.69 Å².